The third-order valence-corrected chi connectivity index (χ3v) is 3.54. The van der Waals surface area contributed by atoms with Gasteiger partial charge in [-0.2, -0.15) is 0 Å². The van der Waals surface area contributed by atoms with E-state index >= 15 is 0 Å². The van der Waals surface area contributed by atoms with E-state index in [0.717, 1.165) is 10.9 Å². The van der Waals surface area contributed by atoms with Crippen molar-refractivity contribution in [2.45, 2.75) is 12.5 Å². The van der Waals surface area contributed by atoms with Gasteiger partial charge >= 0.3 is 0 Å². The fourth-order valence-corrected chi connectivity index (χ4v) is 2.33. The highest BCUT2D eigenvalue weighted by atomic mass is 19.1. The molecule has 0 aliphatic carbocycles. The van der Waals surface area contributed by atoms with Crippen molar-refractivity contribution < 1.29 is 14.3 Å². The largest absolute Gasteiger partial charge is 0.388 e. The molecule has 122 valence electrons. The molecule has 0 saturated heterocycles. The fraction of sp³-hybridized carbons (Fsp3) is 0.111. The Balaban J connectivity index is 1.58. The zero-order valence-electron chi connectivity index (χ0n) is 12.7. The highest BCUT2D eigenvalue weighted by molar-refractivity contribution is 5.81. The summed E-state index contributed by atoms with van der Waals surface area (Å²) >= 11 is 0. The number of rotatable bonds is 5. The number of aliphatic hydroxyl groups is 1. The molecule has 3 aromatic rings. The number of hydrogen-bond acceptors (Lipinski definition) is 4. The highest BCUT2D eigenvalue weighted by Crippen LogP contribution is 2.17. The predicted molar refractivity (Wildman–Crippen MR) is 89.5 cm³/mol. The first-order chi connectivity index (χ1) is 11.6. The van der Waals surface area contributed by atoms with E-state index in [0.29, 0.717) is 11.4 Å². The predicted octanol–water partition coefficient (Wildman–Crippen LogP) is 2.94. The summed E-state index contributed by atoms with van der Waals surface area (Å²) in [5.41, 5.74) is 6.34. The molecule has 1 atom stereocenters. The maximum atomic E-state index is 13.1. The maximum Gasteiger partial charge on any atom is 0.241 e. The van der Waals surface area contributed by atoms with Crippen LogP contribution in [0.1, 0.15) is 18.1 Å². The monoisotopic (exact) mass is 325 g/mol. The van der Waals surface area contributed by atoms with Gasteiger partial charge in [0.1, 0.15) is 11.6 Å². The van der Waals surface area contributed by atoms with Crippen molar-refractivity contribution in [2.24, 2.45) is 0 Å². The minimum Gasteiger partial charge on any atom is -0.388 e. The number of benzene rings is 2. The van der Waals surface area contributed by atoms with Crippen molar-refractivity contribution in [3.63, 3.8) is 0 Å². The van der Waals surface area contributed by atoms with Gasteiger partial charge in [0.05, 0.1) is 18.0 Å². The Hall–Kier alpha value is -2.99. The molecule has 0 radical (unpaired) electrons. The molecule has 0 fully saturated rings. The van der Waals surface area contributed by atoms with E-state index in [1.165, 1.54) is 18.2 Å². The highest BCUT2D eigenvalue weighted by Gasteiger charge is 2.13. The van der Waals surface area contributed by atoms with Gasteiger partial charge in [0, 0.05) is 5.39 Å². The van der Waals surface area contributed by atoms with E-state index in [9.17, 15) is 14.3 Å². The molecule has 5 nitrogen and oxygen atoms in total. The standard InChI is InChI=1S/C18H16FN3O2/c19-14-6-3-5-13(10-14)16(23)11-18(24)22-21-17-9-8-12-4-1-2-7-15(12)20-17/h1-10,16,23H,11H2,(H,20,21)(H,22,24). The van der Waals surface area contributed by atoms with E-state index in [-0.39, 0.29) is 6.42 Å². The topological polar surface area (TPSA) is 74.2 Å². The Bertz CT molecular complexity index is 870. The number of carbonyl (C=O) groups excluding carboxylic acids is 1. The van der Waals surface area contributed by atoms with Gasteiger partial charge in [-0.1, -0.05) is 30.3 Å². The molecule has 0 bridgehead atoms. The number of para-hydroxylation sites is 1. The number of anilines is 1. The molecule has 1 amide bonds. The molecule has 2 aromatic carbocycles. The first-order valence-corrected chi connectivity index (χ1v) is 7.46. The molecule has 24 heavy (non-hydrogen) atoms. The van der Waals surface area contributed by atoms with Gasteiger partial charge in [0.15, 0.2) is 0 Å². The van der Waals surface area contributed by atoms with Crippen LogP contribution in [0.5, 0.6) is 0 Å². The molecule has 3 N–H and O–H groups in total. The van der Waals surface area contributed by atoms with Crippen LogP contribution in [0.3, 0.4) is 0 Å². The Labute approximate surface area is 138 Å². The molecule has 1 heterocycles. The number of carbonyl (C=O) groups is 1. The van der Waals surface area contributed by atoms with Crippen LogP contribution in [0.4, 0.5) is 10.2 Å². The zero-order valence-corrected chi connectivity index (χ0v) is 12.7. The average Bonchev–Trinajstić information content (AvgIpc) is 2.59. The van der Waals surface area contributed by atoms with Crippen LogP contribution in [-0.4, -0.2) is 16.0 Å². The number of nitrogens with zero attached hydrogens (tertiary/aromatic N) is 1. The van der Waals surface area contributed by atoms with Gasteiger partial charge < -0.3 is 5.11 Å². The number of aliphatic hydroxyl groups excluding tert-OH is 1. The molecular weight excluding hydrogens is 309 g/mol. The van der Waals surface area contributed by atoms with Gasteiger partial charge in [-0.25, -0.2) is 9.37 Å². The third-order valence-electron chi connectivity index (χ3n) is 3.54. The number of hydrogen-bond donors (Lipinski definition) is 3. The van der Waals surface area contributed by atoms with E-state index < -0.39 is 17.8 Å². The van der Waals surface area contributed by atoms with Gasteiger partial charge in [0.2, 0.25) is 5.91 Å². The summed E-state index contributed by atoms with van der Waals surface area (Å²) in [6, 6.07) is 16.8. The minimum atomic E-state index is -1.08. The lowest BCUT2D eigenvalue weighted by Crippen LogP contribution is -2.30. The molecule has 0 aliphatic heterocycles. The average molecular weight is 325 g/mol. The van der Waals surface area contributed by atoms with Crippen molar-refractivity contribution in [3.8, 4) is 0 Å². The van der Waals surface area contributed by atoms with Gasteiger partial charge in [0.25, 0.3) is 0 Å². The summed E-state index contributed by atoms with van der Waals surface area (Å²) in [4.78, 5) is 16.3. The molecule has 1 unspecified atom stereocenters. The first-order valence-electron chi connectivity index (χ1n) is 7.46. The van der Waals surface area contributed by atoms with Crippen LogP contribution in [0.25, 0.3) is 10.9 Å². The fourth-order valence-electron chi connectivity index (χ4n) is 2.33. The number of fused-ring (bicyclic) bond motifs is 1. The SMILES string of the molecule is O=C(CC(O)c1cccc(F)c1)NNc1ccc2ccccc2n1. The second-order valence-electron chi connectivity index (χ2n) is 5.34. The second kappa shape index (κ2) is 7.06. The lowest BCUT2D eigenvalue weighted by atomic mass is 10.1. The van der Waals surface area contributed by atoms with E-state index in [1.54, 1.807) is 12.1 Å². The second-order valence-corrected chi connectivity index (χ2v) is 5.34. The van der Waals surface area contributed by atoms with E-state index in [1.807, 2.05) is 30.3 Å². The van der Waals surface area contributed by atoms with Crippen LogP contribution in [0, 0.1) is 5.82 Å². The van der Waals surface area contributed by atoms with Gasteiger partial charge in [-0.05, 0) is 35.9 Å². The first kappa shape index (κ1) is 15.9. The molecule has 6 heteroatoms. The molecular formula is C18H16FN3O2. The zero-order chi connectivity index (χ0) is 16.9. The summed E-state index contributed by atoms with van der Waals surface area (Å²) in [5.74, 6) is -0.394. The van der Waals surface area contributed by atoms with Crippen molar-refractivity contribution in [1.82, 2.24) is 10.4 Å². The Morgan fingerprint density at radius 1 is 1.12 bits per heavy atom. The van der Waals surface area contributed by atoms with Crippen LogP contribution in [-0.2, 0) is 4.79 Å². The van der Waals surface area contributed by atoms with Crippen molar-refractivity contribution in [3.05, 3.63) is 72.0 Å². The lowest BCUT2D eigenvalue weighted by Gasteiger charge is -2.12. The molecule has 0 aliphatic rings. The van der Waals surface area contributed by atoms with E-state index in [4.69, 9.17) is 0 Å². The quantitative estimate of drug-likeness (QED) is 0.631. The summed E-state index contributed by atoms with van der Waals surface area (Å²) in [6.45, 7) is 0. The molecule has 0 saturated carbocycles. The summed E-state index contributed by atoms with van der Waals surface area (Å²) in [5, 5.41) is 11.0. The van der Waals surface area contributed by atoms with Gasteiger partial charge in [-0.3, -0.25) is 15.6 Å². The van der Waals surface area contributed by atoms with Crippen molar-refractivity contribution in [2.75, 3.05) is 5.43 Å². The summed E-state index contributed by atoms with van der Waals surface area (Å²) < 4.78 is 13.1. The maximum absolute atomic E-state index is 13.1. The number of hydrazine groups is 1. The van der Waals surface area contributed by atoms with Crippen LogP contribution in [0.2, 0.25) is 0 Å². The Kier molecular flexibility index (Phi) is 4.67. The number of halogens is 1. The Morgan fingerprint density at radius 2 is 1.96 bits per heavy atom. The lowest BCUT2D eigenvalue weighted by molar-refractivity contribution is -0.122. The summed E-state index contributed by atoms with van der Waals surface area (Å²) in [7, 11) is 0. The number of nitrogens with one attached hydrogen (secondary N) is 2. The molecule has 3 rings (SSSR count). The summed E-state index contributed by atoms with van der Waals surface area (Å²) in [6.07, 6.45) is -1.27. The molecule has 0 spiro atoms. The van der Waals surface area contributed by atoms with Gasteiger partial charge in [-0.15, -0.1) is 0 Å². The molecule has 1 aromatic heterocycles. The Morgan fingerprint density at radius 3 is 2.79 bits per heavy atom. The number of aromatic nitrogens is 1. The van der Waals surface area contributed by atoms with Crippen molar-refractivity contribution in [1.29, 1.82) is 0 Å². The third kappa shape index (κ3) is 3.85. The number of amides is 1. The smallest absolute Gasteiger partial charge is 0.241 e. The number of pyridine rings is 1. The normalized spacial score (nSPS) is 11.9. The van der Waals surface area contributed by atoms with Crippen LogP contribution < -0.4 is 10.9 Å². The minimum absolute atomic E-state index is 0.190. The van der Waals surface area contributed by atoms with Crippen molar-refractivity contribution >= 4 is 22.6 Å². The van der Waals surface area contributed by atoms with Crippen LogP contribution in [0.15, 0.2) is 60.7 Å². The van der Waals surface area contributed by atoms with E-state index in [2.05, 4.69) is 15.8 Å². The van der Waals surface area contributed by atoms with Crippen LogP contribution >= 0.6 is 0 Å².